The summed E-state index contributed by atoms with van der Waals surface area (Å²) in [7, 11) is 0. The third kappa shape index (κ3) is 4.59. The molecule has 0 fully saturated rings. The lowest BCUT2D eigenvalue weighted by atomic mass is 9.86. The van der Waals surface area contributed by atoms with Gasteiger partial charge in [0.15, 0.2) is 0 Å². The number of carbonyl (C=O) groups excluding carboxylic acids is 1. The van der Waals surface area contributed by atoms with Gasteiger partial charge in [-0.05, 0) is 23.1 Å². The lowest BCUT2D eigenvalue weighted by Gasteiger charge is -2.21. The molecule has 0 spiro atoms. The summed E-state index contributed by atoms with van der Waals surface area (Å²) in [6.07, 6.45) is 0.0697. The minimum absolute atomic E-state index is 0.0140. The number of hydrogen-bond donors (Lipinski definition) is 2. The first kappa shape index (κ1) is 17.7. The number of rotatable bonds is 5. The molecule has 0 aromatic heterocycles. The van der Waals surface area contributed by atoms with Gasteiger partial charge >= 0.3 is 5.97 Å². The van der Waals surface area contributed by atoms with E-state index in [1.807, 2.05) is 18.2 Å². The van der Waals surface area contributed by atoms with Gasteiger partial charge in [0.05, 0.1) is 6.07 Å². The molecule has 1 amide bonds. The predicted octanol–water partition coefficient (Wildman–Crippen LogP) is 2.72. The fourth-order valence-corrected chi connectivity index (χ4v) is 2.06. The number of carbonyl (C=O) groups is 2. The number of benzene rings is 1. The number of nitrogens with one attached hydrogen (secondary N) is 1. The summed E-state index contributed by atoms with van der Waals surface area (Å²) in [5.74, 6) is -2.04. The number of nitriles is 1. The molecule has 0 saturated carbocycles. The Balaban J connectivity index is 2.87. The largest absolute Gasteiger partial charge is 0.480 e. The van der Waals surface area contributed by atoms with Crippen LogP contribution in [0.25, 0.3) is 0 Å². The van der Waals surface area contributed by atoms with Gasteiger partial charge in [0.1, 0.15) is 6.04 Å². The Labute approximate surface area is 131 Å². The van der Waals surface area contributed by atoms with Gasteiger partial charge in [-0.3, -0.25) is 4.79 Å². The topological polar surface area (TPSA) is 90.2 Å². The van der Waals surface area contributed by atoms with Crippen LogP contribution in [0.4, 0.5) is 0 Å². The van der Waals surface area contributed by atoms with Crippen molar-refractivity contribution < 1.29 is 14.7 Å². The van der Waals surface area contributed by atoms with Gasteiger partial charge in [0.25, 0.3) is 5.91 Å². The standard InChI is InChI=1S/C17H22N2O3/c1-11(9-10-18)14(16(21)22)19-15(20)12-5-7-13(8-6-12)17(2,3)4/h5-8,11,14H,9H2,1-4H3,(H,19,20)(H,21,22)/t11-,14-/m1/s1. The molecule has 1 rings (SSSR count). The van der Waals surface area contributed by atoms with Crippen molar-refractivity contribution >= 4 is 11.9 Å². The second-order valence-corrected chi connectivity index (χ2v) is 6.46. The summed E-state index contributed by atoms with van der Waals surface area (Å²) < 4.78 is 0. The van der Waals surface area contributed by atoms with Crippen LogP contribution in [0.1, 0.15) is 50.0 Å². The summed E-state index contributed by atoms with van der Waals surface area (Å²) in [5, 5.41) is 20.3. The number of nitrogens with zero attached hydrogens (tertiary/aromatic N) is 1. The summed E-state index contributed by atoms with van der Waals surface area (Å²) in [4.78, 5) is 23.4. The van der Waals surface area contributed by atoms with Crippen LogP contribution in [0.2, 0.25) is 0 Å². The Morgan fingerprint density at radius 3 is 2.23 bits per heavy atom. The molecule has 0 aliphatic rings. The number of amides is 1. The van der Waals surface area contributed by atoms with E-state index in [0.29, 0.717) is 5.56 Å². The first-order valence-corrected chi connectivity index (χ1v) is 7.18. The third-order valence-corrected chi connectivity index (χ3v) is 3.55. The van der Waals surface area contributed by atoms with E-state index in [1.54, 1.807) is 19.1 Å². The average Bonchev–Trinajstić information content (AvgIpc) is 2.43. The molecule has 0 bridgehead atoms. The summed E-state index contributed by atoms with van der Waals surface area (Å²) in [6.45, 7) is 7.86. The molecule has 2 N–H and O–H groups in total. The highest BCUT2D eigenvalue weighted by atomic mass is 16.4. The van der Waals surface area contributed by atoms with Gasteiger partial charge in [-0.2, -0.15) is 5.26 Å². The minimum Gasteiger partial charge on any atom is -0.480 e. The zero-order chi connectivity index (χ0) is 16.9. The molecular weight excluding hydrogens is 280 g/mol. The Morgan fingerprint density at radius 2 is 1.82 bits per heavy atom. The summed E-state index contributed by atoms with van der Waals surface area (Å²) in [5.41, 5.74) is 1.49. The maximum Gasteiger partial charge on any atom is 0.326 e. The lowest BCUT2D eigenvalue weighted by Crippen LogP contribution is -2.45. The second-order valence-electron chi connectivity index (χ2n) is 6.46. The predicted molar refractivity (Wildman–Crippen MR) is 83.4 cm³/mol. The zero-order valence-corrected chi connectivity index (χ0v) is 13.4. The van der Waals surface area contributed by atoms with Crippen molar-refractivity contribution in [2.75, 3.05) is 0 Å². The lowest BCUT2D eigenvalue weighted by molar-refractivity contribution is -0.140. The van der Waals surface area contributed by atoms with Crippen LogP contribution >= 0.6 is 0 Å². The molecule has 1 aromatic carbocycles. The van der Waals surface area contributed by atoms with Crippen molar-refractivity contribution in [1.29, 1.82) is 5.26 Å². The second kappa shape index (κ2) is 7.08. The third-order valence-electron chi connectivity index (χ3n) is 3.55. The summed E-state index contributed by atoms with van der Waals surface area (Å²) >= 11 is 0. The quantitative estimate of drug-likeness (QED) is 0.875. The van der Waals surface area contributed by atoms with E-state index < -0.39 is 23.8 Å². The van der Waals surface area contributed by atoms with E-state index in [9.17, 15) is 14.7 Å². The highest BCUT2D eigenvalue weighted by Crippen LogP contribution is 2.22. The molecule has 5 heteroatoms. The van der Waals surface area contributed by atoms with E-state index in [0.717, 1.165) is 5.56 Å². The van der Waals surface area contributed by atoms with Crippen LogP contribution in [-0.4, -0.2) is 23.0 Å². The molecule has 0 saturated heterocycles. The van der Waals surface area contributed by atoms with Crippen molar-refractivity contribution in [2.45, 2.75) is 45.6 Å². The highest BCUT2D eigenvalue weighted by molar-refractivity contribution is 5.96. The maximum absolute atomic E-state index is 12.2. The molecule has 5 nitrogen and oxygen atoms in total. The van der Waals surface area contributed by atoms with E-state index in [2.05, 4.69) is 26.1 Å². The van der Waals surface area contributed by atoms with Crippen molar-refractivity contribution in [3.63, 3.8) is 0 Å². The van der Waals surface area contributed by atoms with E-state index >= 15 is 0 Å². The highest BCUT2D eigenvalue weighted by Gasteiger charge is 2.26. The monoisotopic (exact) mass is 302 g/mol. The fraction of sp³-hybridized carbons (Fsp3) is 0.471. The Hall–Kier alpha value is -2.35. The SMILES string of the molecule is C[C@H](CC#N)[C@@H](NC(=O)c1ccc(C(C)(C)C)cc1)C(=O)O. The van der Waals surface area contributed by atoms with Crippen molar-refractivity contribution in [1.82, 2.24) is 5.32 Å². The van der Waals surface area contributed by atoms with Crippen molar-refractivity contribution in [3.8, 4) is 6.07 Å². The van der Waals surface area contributed by atoms with Gasteiger partial charge in [0, 0.05) is 17.9 Å². The molecule has 118 valence electrons. The molecule has 22 heavy (non-hydrogen) atoms. The van der Waals surface area contributed by atoms with Gasteiger partial charge in [0.2, 0.25) is 0 Å². The van der Waals surface area contributed by atoms with Crippen LogP contribution in [0, 0.1) is 17.2 Å². The van der Waals surface area contributed by atoms with Crippen LogP contribution in [0.15, 0.2) is 24.3 Å². The van der Waals surface area contributed by atoms with Gasteiger partial charge in [-0.25, -0.2) is 4.79 Å². The fourth-order valence-electron chi connectivity index (χ4n) is 2.06. The number of aliphatic carboxylic acids is 1. The molecule has 0 aliphatic heterocycles. The van der Waals surface area contributed by atoms with Gasteiger partial charge in [-0.15, -0.1) is 0 Å². The number of carboxylic acid groups (broad SMARTS) is 1. The van der Waals surface area contributed by atoms with Gasteiger partial charge < -0.3 is 10.4 Å². The molecular formula is C17H22N2O3. The Kier molecular flexibility index (Phi) is 5.69. The minimum atomic E-state index is -1.14. The Bertz CT molecular complexity index is 579. The average molecular weight is 302 g/mol. The molecule has 0 unspecified atom stereocenters. The van der Waals surface area contributed by atoms with Gasteiger partial charge in [-0.1, -0.05) is 39.8 Å². The molecule has 2 atom stereocenters. The smallest absolute Gasteiger partial charge is 0.326 e. The Morgan fingerprint density at radius 1 is 1.27 bits per heavy atom. The van der Waals surface area contributed by atoms with E-state index in [-0.39, 0.29) is 11.8 Å². The van der Waals surface area contributed by atoms with Crippen LogP contribution in [0.5, 0.6) is 0 Å². The molecule has 0 heterocycles. The number of hydrogen-bond acceptors (Lipinski definition) is 3. The van der Waals surface area contributed by atoms with Crippen molar-refractivity contribution in [2.24, 2.45) is 5.92 Å². The van der Waals surface area contributed by atoms with Crippen molar-refractivity contribution in [3.05, 3.63) is 35.4 Å². The first-order chi connectivity index (χ1) is 10.2. The maximum atomic E-state index is 12.2. The molecule has 1 aromatic rings. The van der Waals surface area contributed by atoms with E-state index in [4.69, 9.17) is 5.26 Å². The first-order valence-electron chi connectivity index (χ1n) is 7.18. The van der Waals surface area contributed by atoms with Crippen LogP contribution in [0.3, 0.4) is 0 Å². The van der Waals surface area contributed by atoms with E-state index in [1.165, 1.54) is 0 Å². The zero-order valence-electron chi connectivity index (χ0n) is 13.4. The normalized spacial score (nSPS) is 13.8. The molecule has 0 aliphatic carbocycles. The van der Waals surface area contributed by atoms with Crippen LogP contribution in [-0.2, 0) is 10.2 Å². The van der Waals surface area contributed by atoms with Crippen LogP contribution < -0.4 is 5.32 Å². The molecule has 0 radical (unpaired) electrons. The number of carboxylic acids is 1. The summed E-state index contributed by atoms with van der Waals surface area (Å²) in [6, 6.07) is 7.95.